The number of nitrogens with zero attached hydrogens (tertiary/aromatic N) is 8. The van der Waals surface area contributed by atoms with Gasteiger partial charge in [-0.3, -0.25) is 18.8 Å². The summed E-state index contributed by atoms with van der Waals surface area (Å²) < 4.78 is 124. The molecule has 12 aromatic rings. The largest absolute Gasteiger partial charge is 0.481 e. The highest BCUT2D eigenvalue weighted by molar-refractivity contribution is 7.99. The molecule has 0 unspecified atom stereocenters. The second kappa shape index (κ2) is 47.1. The lowest BCUT2D eigenvalue weighted by Gasteiger charge is -2.37. The first-order chi connectivity index (χ1) is 68.3. The van der Waals surface area contributed by atoms with Crippen LogP contribution in [0.5, 0.6) is 0 Å². The molecule has 758 valence electrons. The minimum Gasteiger partial charge on any atom is -0.481 e. The number of hydrogen-bond donors (Lipinski definition) is 8. The van der Waals surface area contributed by atoms with E-state index in [9.17, 15) is 59.4 Å². The van der Waals surface area contributed by atoms with Crippen LogP contribution in [-0.4, -0.2) is 210 Å². The summed E-state index contributed by atoms with van der Waals surface area (Å²) in [7, 11) is -16.2. The molecule has 4 aliphatic rings. The fourth-order valence-electron chi connectivity index (χ4n) is 19.5. The molecule has 0 saturated carbocycles. The summed E-state index contributed by atoms with van der Waals surface area (Å²) in [5.74, 6) is -0.646. The second-order valence-corrected chi connectivity index (χ2v) is 47.7. The molecule has 0 amide bonds. The number of halogens is 3. The van der Waals surface area contributed by atoms with Gasteiger partial charge in [0.15, 0.2) is 16.2 Å². The number of carbonyl (C=O) groups is 2. The van der Waals surface area contributed by atoms with E-state index in [1.807, 2.05) is 185 Å². The third kappa shape index (κ3) is 27.3. The van der Waals surface area contributed by atoms with E-state index in [1.165, 1.54) is 28.2 Å². The molecule has 0 bridgehead atoms. The number of aliphatic hydroxyl groups excluding tert-OH is 1. The summed E-state index contributed by atoms with van der Waals surface area (Å²) in [5, 5.41) is 28.0. The van der Waals surface area contributed by atoms with E-state index in [2.05, 4.69) is 73.7 Å². The highest BCUT2D eigenvalue weighted by atomic mass is 35.5. The summed E-state index contributed by atoms with van der Waals surface area (Å²) in [6.07, 6.45) is 4.60. The van der Waals surface area contributed by atoms with E-state index in [0.717, 1.165) is 138 Å². The van der Waals surface area contributed by atoms with E-state index < -0.39 is 61.6 Å². The zero-order valence-corrected chi connectivity index (χ0v) is 88.3. The van der Waals surface area contributed by atoms with Gasteiger partial charge in [0, 0.05) is 208 Å². The molecule has 0 spiro atoms. The van der Waals surface area contributed by atoms with Gasteiger partial charge >= 0.3 is 19.5 Å². The number of piperidine rings is 2. The normalized spacial score (nSPS) is 15.5. The SMILES string of the molecule is Cc1cc(S(=O)(=O)Nc2ccc(N3CCN(c4cc(F)cc(-c5c(S(C)(=O)=O)c(C)n(C(C)C)c5-c5ccc(Cl)cc5)c4)CC3)cc2)ccc1N[C@H](CCN1CCC(C(=O)O)CC1)CSc1ccccc1.Cc1cc(S(=O)(=O)Nc2ccc(N3CCN(c4cccc(-c5c(C(=O)OCP(=O)(O)O)c(C)n(C(C)C)c5-c5ccc(Cl)cc5)c4)CC3)cc2)ccc1N[C@H](CCN1CCC(O)CC1)CSc1ccccc1. The molecule has 8 N–H and O–H groups in total. The van der Waals surface area contributed by atoms with Gasteiger partial charge < -0.3 is 73.9 Å². The maximum atomic E-state index is 15.7. The van der Waals surface area contributed by atoms with Crippen LogP contribution >= 0.6 is 54.3 Å². The third-order valence-electron chi connectivity index (χ3n) is 26.8. The molecule has 0 radical (unpaired) electrons. The molecule has 2 aromatic heterocycles. The van der Waals surface area contributed by atoms with Crippen molar-refractivity contribution < 1.29 is 68.5 Å². The molecular formula is C108H126Cl2FN12O14PS5. The van der Waals surface area contributed by atoms with Crippen molar-refractivity contribution in [3.8, 4) is 44.8 Å². The first kappa shape index (κ1) is 106. The predicted octanol–water partition coefficient (Wildman–Crippen LogP) is 21.6. The van der Waals surface area contributed by atoms with Crippen LogP contribution in [-0.2, 0) is 44.0 Å². The van der Waals surface area contributed by atoms with Crippen molar-refractivity contribution in [3.05, 3.63) is 281 Å². The predicted molar refractivity (Wildman–Crippen MR) is 579 cm³/mol. The van der Waals surface area contributed by atoms with Gasteiger partial charge in [0.1, 0.15) is 5.82 Å². The van der Waals surface area contributed by atoms with Gasteiger partial charge in [0.05, 0.1) is 43.7 Å². The van der Waals surface area contributed by atoms with Gasteiger partial charge in [0.2, 0.25) is 0 Å². The number of esters is 1. The standard InChI is InChI=1S/C54H62ClFN6O6S3.C54H64ClN6O8PS2/c1-36(2)62-38(4)53(70(5,65)66)51(52(62)39-11-13-42(55)14-12-39)41-32-43(56)34-47(33-41)61-29-27-60(28-30-61)46-17-15-44(16-18-46)58-71(67,68)49-19-20-50(37(3)31-49)57-45(35-69-48-9-7-6-8-10-48)23-26-59-24-21-40(22-25-59)54(63)64;1-37(2)61-39(4)51(54(63)69-36-70(64,65)66)52(53(61)40-13-15-42(55)16-14-40)41-9-8-10-46(34-41)60-31-29-59(30-32-60)45-19-17-43(18-20-45)57-72(67,68)49-21-22-50(38(3)33-49)56-44(35-71-48-11-6-5-7-12-48)23-26-58-27-24-47(62)25-28-58/h6-20,31-34,36,40,45,57-58H,21-30,35H2,1-5H3,(H,63,64);5-22,33-34,37,44,47,56-57,62H,23-32,35-36H2,1-4H3,(H2,64,65,66)/t45-;44-/m11/s1. The second-order valence-electron chi connectivity index (χ2n) is 37.8. The van der Waals surface area contributed by atoms with Crippen molar-refractivity contribution in [2.45, 2.75) is 149 Å². The lowest BCUT2D eigenvalue weighted by atomic mass is 9.96. The van der Waals surface area contributed by atoms with Crippen LogP contribution in [0, 0.1) is 39.4 Å². The van der Waals surface area contributed by atoms with E-state index in [-0.39, 0.29) is 56.4 Å². The first-order valence-corrected chi connectivity index (χ1v) is 57.7. The van der Waals surface area contributed by atoms with Crippen LogP contribution < -0.4 is 39.7 Å². The lowest BCUT2D eigenvalue weighted by molar-refractivity contribution is -0.143. The van der Waals surface area contributed by atoms with E-state index in [4.69, 9.17) is 27.9 Å². The Balaban J connectivity index is 0.000000215. The summed E-state index contributed by atoms with van der Waals surface area (Å²) in [6.45, 7) is 25.6. The van der Waals surface area contributed by atoms with Crippen molar-refractivity contribution >= 4 is 142 Å². The number of carbonyl (C=O) groups excluding carboxylic acids is 1. The highest BCUT2D eigenvalue weighted by Gasteiger charge is 2.36. The molecule has 35 heteroatoms. The molecule has 2 atom stereocenters. The number of thioether (sulfide) groups is 2. The number of rotatable bonds is 37. The third-order valence-corrected chi connectivity index (χ3v) is 34.1. The molecule has 143 heavy (non-hydrogen) atoms. The molecule has 10 aromatic carbocycles. The van der Waals surface area contributed by atoms with Crippen LogP contribution in [0.15, 0.2) is 261 Å². The number of ether oxygens (including phenoxy) is 1. The number of benzene rings is 10. The van der Waals surface area contributed by atoms with Crippen LogP contribution in [0.2, 0.25) is 10.0 Å². The first-order valence-electron chi connectivity index (χ1n) is 48.3. The molecular weight excluding hydrogens is 1970 g/mol. The Morgan fingerprint density at radius 3 is 1.32 bits per heavy atom. The molecule has 4 fully saturated rings. The Kier molecular flexibility index (Phi) is 35.1. The number of aromatic nitrogens is 2. The minimum atomic E-state index is -4.64. The Labute approximate surface area is 857 Å². The quantitative estimate of drug-likeness (QED) is 0.0102. The molecule has 16 rings (SSSR count). The molecule has 6 heterocycles. The van der Waals surface area contributed by atoms with Crippen LogP contribution in [0.25, 0.3) is 44.8 Å². The summed E-state index contributed by atoms with van der Waals surface area (Å²) in [4.78, 5) is 60.9. The van der Waals surface area contributed by atoms with Crippen molar-refractivity contribution in [2.75, 3.05) is 155 Å². The number of anilines is 8. The number of likely N-dealkylation sites (tertiary alicyclic amines) is 2. The minimum absolute atomic E-state index is 0.0809. The van der Waals surface area contributed by atoms with Crippen molar-refractivity contribution in [2.24, 2.45) is 5.92 Å². The number of sulfone groups is 1. The van der Waals surface area contributed by atoms with Crippen LogP contribution in [0.4, 0.5) is 49.9 Å². The zero-order valence-electron chi connectivity index (χ0n) is 81.8. The van der Waals surface area contributed by atoms with Gasteiger partial charge in [-0.25, -0.2) is 34.4 Å². The van der Waals surface area contributed by atoms with Gasteiger partial charge in [-0.05, 0) is 304 Å². The van der Waals surface area contributed by atoms with Crippen molar-refractivity contribution in [1.82, 2.24) is 18.9 Å². The van der Waals surface area contributed by atoms with Crippen molar-refractivity contribution in [3.63, 3.8) is 0 Å². The lowest BCUT2D eigenvalue weighted by Crippen LogP contribution is -2.46. The highest BCUT2D eigenvalue weighted by Crippen LogP contribution is 2.48. The number of aliphatic carboxylic acids is 1. The van der Waals surface area contributed by atoms with Crippen LogP contribution in [0.3, 0.4) is 0 Å². The van der Waals surface area contributed by atoms with E-state index in [0.29, 0.717) is 126 Å². The summed E-state index contributed by atoms with van der Waals surface area (Å²) >= 11 is 16.1. The molecule has 0 aliphatic carbocycles. The molecule has 26 nitrogen and oxygen atoms in total. The number of piperazine rings is 2. The number of aliphatic hydroxyl groups is 1. The average molecular weight is 2100 g/mol. The fraction of sp³-hybridized carbons (Fsp3) is 0.352. The maximum Gasteiger partial charge on any atom is 0.362 e. The number of nitrogens with one attached hydrogen (secondary N) is 4. The van der Waals surface area contributed by atoms with E-state index >= 15 is 4.39 Å². The maximum absolute atomic E-state index is 15.7. The van der Waals surface area contributed by atoms with Crippen LogP contribution in [0.1, 0.15) is 111 Å². The zero-order chi connectivity index (χ0) is 102. The van der Waals surface area contributed by atoms with Gasteiger partial charge in [-0.15, -0.1) is 23.5 Å². The molecule has 4 saturated heterocycles. The Hall–Kier alpha value is -10.8. The molecule has 4 aliphatic heterocycles. The number of aryl methyl sites for hydroxylation is 2. The smallest absolute Gasteiger partial charge is 0.362 e. The Bertz CT molecular complexity index is 6860. The monoisotopic (exact) mass is 2090 g/mol. The Morgan fingerprint density at radius 2 is 0.895 bits per heavy atom. The number of carboxylic acid groups (broad SMARTS) is 1. The van der Waals surface area contributed by atoms with Gasteiger partial charge in [-0.2, -0.15) is 0 Å². The average Bonchev–Trinajstić information content (AvgIpc) is 1.57. The number of carboxylic acids is 1. The summed E-state index contributed by atoms with van der Waals surface area (Å²) in [6, 6.07) is 73.0. The van der Waals surface area contributed by atoms with Gasteiger partial charge in [-0.1, -0.05) is 96.0 Å². The number of sulfonamides is 2. The number of hydrogen-bond acceptors (Lipinski definition) is 21. The Morgan fingerprint density at radius 1 is 0.476 bits per heavy atom. The summed E-state index contributed by atoms with van der Waals surface area (Å²) in [5.41, 5.74) is 14.5. The van der Waals surface area contributed by atoms with E-state index in [1.54, 1.807) is 103 Å². The van der Waals surface area contributed by atoms with Gasteiger partial charge in [0.25, 0.3) is 20.0 Å². The fourth-order valence-corrected chi connectivity index (χ4v) is 25.5. The van der Waals surface area contributed by atoms with Crippen molar-refractivity contribution in [1.29, 1.82) is 0 Å². The topological polar surface area (TPSA) is 321 Å².